The summed E-state index contributed by atoms with van der Waals surface area (Å²) in [4.78, 5) is 25.7. The second kappa shape index (κ2) is 6.01. The molecule has 4 rings (SSSR count). The Morgan fingerprint density at radius 3 is 3.08 bits per heavy atom. The summed E-state index contributed by atoms with van der Waals surface area (Å²) in [6.07, 6.45) is 4.55. The number of fused-ring (bicyclic) bond motifs is 1. The maximum absolute atomic E-state index is 13.3. The largest absolute Gasteiger partial charge is 0.368 e. The van der Waals surface area contributed by atoms with Gasteiger partial charge in [-0.05, 0) is 24.3 Å². The van der Waals surface area contributed by atoms with Crippen LogP contribution in [0.15, 0.2) is 42.9 Å². The molecule has 1 amide bonds. The number of hydrogen-bond acceptors (Lipinski definition) is 4. The first-order valence-electron chi connectivity index (χ1n) is 7.66. The minimum atomic E-state index is -0.336. The number of carbonyl (C=O) groups excluding carboxylic acids is 1. The Balaban J connectivity index is 1.56. The molecule has 3 heterocycles. The van der Waals surface area contributed by atoms with Gasteiger partial charge >= 0.3 is 0 Å². The van der Waals surface area contributed by atoms with E-state index in [-0.39, 0.29) is 17.8 Å². The second-order valence-corrected chi connectivity index (χ2v) is 5.66. The van der Waals surface area contributed by atoms with Crippen molar-refractivity contribution in [2.24, 2.45) is 0 Å². The number of halogens is 1. The minimum absolute atomic E-state index is 0.135. The van der Waals surface area contributed by atoms with Crippen molar-refractivity contribution < 1.29 is 13.9 Å². The van der Waals surface area contributed by atoms with E-state index in [2.05, 4.69) is 15.0 Å². The zero-order valence-corrected chi connectivity index (χ0v) is 12.8. The molecule has 0 aliphatic carbocycles. The highest BCUT2D eigenvalue weighted by Crippen LogP contribution is 2.22. The molecule has 1 N–H and O–H groups in total. The molecule has 1 fully saturated rings. The SMILES string of the molecule is O=C(c1cc2ccc(F)cc2[nH]1)N1CCOC(c2cnccn2)C1. The normalized spacial score (nSPS) is 18.0. The van der Waals surface area contributed by atoms with E-state index in [9.17, 15) is 9.18 Å². The zero-order chi connectivity index (χ0) is 16.5. The summed E-state index contributed by atoms with van der Waals surface area (Å²) in [5.41, 5.74) is 1.75. The van der Waals surface area contributed by atoms with E-state index in [1.54, 1.807) is 35.6 Å². The number of hydrogen-bond donors (Lipinski definition) is 1. The molecule has 1 aliphatic heterocycles. The molecule has 122 valence electrons. The van der Waals surface area contributed by atoms with Gasteiger partial charge in [0.05, 0.1) is 25.0 Å². The van der Waals surface area contributed by atoms with Crippen molar-refractivity contribution in [3.63, 3.8) is 0 Å². The Morgan fingerprint density at radius 2 is 2.25 bits per heavy atom. The molecule has 24 heavy (non-hydrogen) atoms. The third kappa shape index (κ3) is 2.74. The molecule has 3 aromatic rings. The molecule has 0 spiro atoms. The van der Waals surface area contributed by atoms with E-state index in [0.717, 1.165) is 5.39 Å². The van der Waals surface area contributed by atoms with E-state index >= 15 is 0 Å². The lowest BCUT2D eigenvalue weighted by Crippen LogP contribution is -2.42. The van der Waals surface area contributed by atoms with Crippen LogP contribution in [0.1, 0.15) is 22.3 Å². The third-order valence-corrected chi connectivity index (χ3v) is 4.08. The number of amides is 1. The van der Waals surface area contributed by atoms with E-state index in [0.29, 0.717) is 36.6 Å². The van der Waals surface area contributed by atoms with Gasteiger partial charge in [-0.2, -0.15) is 0 Å². The number of benzene rings is 1. The lowest BCUT2D eigenvalue weighted by molar-refractivity contribution is -0.0250. The average Bonchev–Trinajstić information content (AvgIpc) is 3.05. The van der Waals surface area contributed by atoms with Crippen molar-refractivity contribution in [1.29, 1.82) is 0 Å². The smallest absolute Gasteiger partial charge is 0.270 e. The Labute approximate surface area is 137 Å². The molecule has 1 aliphatic rings. The van der Waals surface area contributed by atoms with Gasteiger partial charge in [-0.1, -0.05) is 0 Å². The van der Waals surface area contributed by atoms with Gasteiger partial charge in [0.25, 0.3) is 5.91 Å². The van der Waals surface area contributed by atoms with Crippen molar-refractivity contribution in [1.82, 2.24) is 19.9 Å². The topological polar surface area (TPSA) is 71.1 Å². The maximum Gasteiger partial charge on any atom is 0.270 e. The van der Waals surface area contributed by atoms with Crippen molar-refractivity contribution >= 4 is 16.8 Å². The van der Waals surface area contributed by atoms with Crippen LogP contribution in [0.5, 0.6) is 0 Å². The second-order valence-electron chi connectivity index (χ2n) is 5.66. The van der Waals surface area contributed by atoms with E-state index in [1.807, 2.05) is 0 Å². The summed E-state index contributed by atoms with van der Waals surface area (Å²) in [7, 11) is 0. The van der Waals surface area contributed by atoms with E-state index in [1.165, 1.54) is 12.1 Å². The van der Waals surface area contributed by atoms with Gasteiger partial charge in [-0.15, -0.1) is 0 Å². The summed E-state index contributed by atoms with van der Waals surface area (Å²) in [5.74, 6) is -0.471. The number of morpholine rings is 1. The molecular formula is C17H15FN4O2. The van der Waals surface area contributed by atoms with Crippen LogP contribution in [0, 0.1) is 5.82 Å². The third-order valence-electron chi connectivity index (χ3n) is 4.08. The number of aromatic amines is 1. The van der Waals surface area contributed by atoms with Crippen LogP contribution in [0.3, 0.4) is 0 Å². The number of H-pyrrole nitrogens is 1. The molecule has 2 aromatic heterocycles. The Hall–Kier alpha value is -2.80. The Morgan fingerprint density at radius 1 is 1.33 bits per heavy atom. The molecule has 0 bridgehead atoms. The zero-order valence-electron chi connectivity index (χ0n) is 12.8. The van der Waals surface area contributed by atoms with E-state index in [4.69, 9.17) is 4.74 Å². The van der Waals surface area contributed by atoms with Gasteiger partial charge in [-0.3, -0.25) is 14.8 Å². The molecule has 1 unspecified atom stereocenters. The minimum Gasteiger partial charge on any atom is -0.368 e. The summed E-state index contributed by atoms with van der Waals surface area (Å²) in [6, 6.07) is 6.15. The quantitative estimate of drug-likeness (QED) is 0.784. The summed E-state index contributed by atoms with van der Waals surface area (Å²) in [5, 5.41) is 0.804. The van der Waals surface area contributed by atoms with Gasteiger partial charge in [0, 0.05) is 29.8 Å². The van der Waals surface area contributed by atoms with Crippen LogP contribution in [0.2, 0.25) is 0 Å². The molecule has 6 nitrogen and oxygen atoms in total. The number of ether oxygens (including phenoxy) is 1. The fraction of sp³-hybridized carbons (Fsp3) is 0.235. The lowest BCUT2D eigenvalue weighted by Gasteiger charge is -2.32. The fourth-order valence-corrected chi connectivity index (χ4v) is 2.87. The van der Waals surface area contributed by atoms with Gasteiger partial charge in [0.2, 0.25) is 0 Å². The Kier molecular flexibility index (Phi) is 3.70. The van der Waals surface area contributed by atoms with Crippen LogP contribution in [0.25, 0.3) is 10.9 Å². The van der Waals surface area contributed by atoms with Gasteiger partial charge in [-0.25, -0.2) is 4.39 Å². The van der Waals surface area contributed by atoms with Gasteiger partial charge in [0.1, 0.15) is 17.6 Å². The van der Waals surface area contributed by atoms with Crippen LogP contribution < -0.4 is 0 Å². The van der Waals surface area contributed by atoms with Crippen molar-refractivity contribution in [3.05, 3.63) is 60.1 Å². The number of nitrogens with one attached hydrogen (secondary N) is 1. The van der Waals surface area contributed by atoms with Gasteiger partial charge < -0.3 is 14.6 Å². The molecule has 7 heteroatoms. The predicted octanol–water partition coefficient (Wildman–Crippen LogP) is 2.31. The summed E-state index contributed by atoms with van der Waals surface area (Å²) < 4.78 is 19.0. The highest BCUT2D eigenvalue weighted by Gasteiger charge is 2.27. The molecule has 1 aromatic carbocycles. The Bertz CT molecular complexity index is 881. The van der Waals surface area contributed by atoms with Crippen LogP contribution >= 0.6 is 0 Å². The first kappa shape index (κ1) is 14.8. The highest BCUT2D eigenvalue weighted by atomic mass is 19.1. The first-order chi connectivity index (χ1) is 11.7. The number of nitrogens with zero attached hydrogens (tertiary/aromatic N) is 3. The van der Waals surface area contributed by atoms with Crippen molar-refractivity contribution in [3.8, 4) is 0 Å². The number of carbonyl (C=O) groups is 1. The molecule has 0 saturated carbocycles. The average molecular weight is 326 g/mol. The van der Waals surface area contributed by atoms with Gasteiger partial charge in [0.15, 0.2) is 0 Å². The molecule has 1 atom stereocenters. The summed E-state index contributed by atoms with van der Waals surface area (Å²) in [6.45, 7) is 1.34. The molecule has 1 saturated heterocycles. The van der Waals surface area contributed by atoms with Crippen LogP contribution in [0.4, 0.5) is 4.39 Å². The highest BCUT2D eigenvalue weighted by molar-refractivity contribution is 5.98. The first-order valence-corrected chi connectivity index (χ1v) is 7.66. The maximum atomic E-state index is 13.3. The molecule has 0 radical (unpaired) electrons. The standard InChI is InChI=1S/C17H15FN4O2/c18-12-2-1-11-7-14(21-13(11)8-12)17(23)22-5-6-24-16(10-22)15-9-19-3-4-20-15/h1-4,7-9,16,21H,5-6,10H2. The van der Waals surface area contributed by atoms with Crippen LogP contribution in [-0.4, -0.2) is 45.5 Å². The van der Waals surface area contributed by atoms with Crippen molar-refractivity contribution in [2.45, 2.75) is 6.10 Å². The lowest BCUT2D eigenvalue weighted by atomic mass is 10.2. The summed E-state index contributed by atoms with van der Waals surface area (Å²) >= 11 is 0. The molecular weight excluding hydrogens is 311 g/mol. The monoisotopic (exact) mass is 326 g/mol. The van der Waals surface area contributed by atoms with Crippen LogP contribution in [-0.2, 0) is 4.74 Å². The fourth-order valence-electron chi connectivity index (χ4n) is 2.87. The number of aromatic nitrogens is 3. The van der Waals surface area contributed by atoms with Crippen molar-refractivity contribution in [2.75, 3.05) is 19.7 Å². The van der Waals surface area contributed by atoms with E-state index < -0.39 is 0 Å². The number of rotatable bonds is 2. The predicted molar refractivity (Wildman–Crippen MR) is 84.9 cm³/mol.